The average Bonchev–Trinajstić information content (AvgIpc) is 2.86. The van der Waals surface area contributed by atoms with Gasteiger partial charge >= 0.3 is 5.97 Å². The van der Waals surface area contributed by atoms with Gasteiger partial charge in [0.2, 0.25) is 11.8 Å². The first kappa shape index (κ1) is 26.5. The maximum atomic E-state index is 13.4. The molecule has 3 N–H and O–H groups in total. The largest absolute Gasteiger partial charge is 0.508 e. The van der Waals surface area contributed by atoms with E-state index in [1.807, 2.05) is 12.1 Å². The molecule has 1 saturated carbocycles. The van der Waals surface area contributed by atoms with Crippen molar-refractivity contribution in [3.8, 4) is 5.75 Å². The van der Waals surface area contributed by atoms with Gasteiger partial charge in [0.1, 0.15) is 17.8 Å². The molecule has 0 bridgehead atoms. The van der Waals surface area contributed by atoms with Crippen LogP contribution in [-0.2, 0) is 32.0 Å². The minimum absolute atomic E-state index is 0.00213. The van der Waals surface area contributed by atoms with Gasteiger partial charge < -0.3 is 20.5 Å². The maximum absolute atomic E-state index is 13.4. The van der Waals surface area contributed by atoms with Crippen molar-refractivity contribution < 1.29 is 24.2 Å². The van der Waals surface area contributed by atoms with Crippen LogP contribution in [0, 0.1) is 5.92 Å². The van der Waals surface area contributed by atoms with E-state index >= 15 is 0 Å². The zero-order valence-electron chi connectivity index (χ0n) is 20.0. The van der Waals surface area contributed by atoms with Crippen molar-refractivity contribution in [3.05, 3.63) is 64.7 Å². The molecule has 0 radical (unpaired) electrons. The fourth-order valence-corrected chi connectivity index (χ4v) is 4.66. The lowest BCUT2D eigenvalue weighted by Crippen LogP contribution is -2.55. The Balaban J connectivity index is 1.69. The van der Waals surface area contributed by atoms with Crippen molar-refractivity contribution in [2.24, 2.45) is 5.92 Å². The highest BCUT2D eigenvalue weighted by molar-refractivity contribution is 6.30. The topological polar surface area (TPSA) is 105 Å². The summed E-state index contributed by atoms with van der Waals surface area (Å²) in [5, 5.41) is 16.1. The van der Waals surface area contributed by atoms with Crippen LogP contribution >= 0.6 is 11.6 Å². The molecule has 2 unspecified atom stereocenters. The van der Waals surface area contributed by atoms with E-state index in [9.17, 15) is 19.5 Å². The molecule has 2 aromatic rings. The molecule has 2 atom stereocenters. The van der Waals surface area contributed by atoms with Gasteiger partial charge in [0.05, 0.1) is 7.11 Å². The summed E-state index contributed by atoms with van der Waals surface area (Å²) in [7, 11) is 1.26. The third-order valence-electron chi connectivity index (χ3n) is 6.43. The monoisotopic (exact) mass is 500 g/mol. The lowest BCUT2D eigenvalue weighted by Gasteiger charge is -2.31. The third kappa shape index (κ3) is 8.28. The molecular weight excluding hydrogens is 468 g/mol. The van der Waals surface area contributed by atoms with E-state index in [4.69, 9.17) is 16.3 Å². The predicted octanol–water partition coefficient (Wildman–Crippen LogP) is 3.94. The van der Waals surface area contributed by atoms with Crippen molar-refractivity contribution in [3.63, 3.8) is 0 Å². The Bertz CT molecular complexity index is 1000. The van der Waals surface area contributed by atoms with Gasteiger partial charge in [0.15, 0.2) is 0 Å². The number of benzene rings is 2. The van der Waals surface area contributed by atoms with Crippen LogP contribution in [0.3, 0.4) is 0 Å². The van der Waals surface area contributed by atoms with Crippen LogP contribution in [0.15, 0.2) is 48.5 Å². The van der Waals surface area contributed by atoms with Crippen molar-refractivity contribution in [1.29, 1.82) is 0 Å². The van der Waals surface area contributed by atoms with Crippen LogP contribution < -0.4 is 10.6 Å². The molecular formula is C27H33ClN2O5. The number of hydrogen-bond donors (Lipinski definition) is 3. The second-order valence-corrected chi connectivity index (χ2v) is 9.46. The Hall–Kier alpha value is -3.06. The molecule has 8 heteroatoms. The van der Waals surface area contributed by atoms with E-state index < -0.39 is 24.0 Å². The molecule has 1 fully saturated rings. The third-order valence-corrected chi connectivity index (χ3v) is 6.68. The first-order valence-electron chi connectivity index (χ1n) is 12.1. The number of phenolic OH excluding ortho intramolecular Hbond substituents is 1. The molecule has 1 aliphatic rings. The van der Waals surface area contributed by atoms with Gasteiger partial charge in [-0.1, -0.05) is 55.1 Å². The van der Waals surface area contributed by atoms with Crippen LogP contribution in [0.25, 0.3) is 0 Å². The minimum atomic E-state index is -0.939. The quantitative estimate of drug-likeness (QED) is 0.428. The summed E-state index contributed by atoms with van der Waals surface area (Å²) < 4.78 is 4.91. The molecule has 0 spiro atoms. The smallest absolute Gasteiger partial charge is 0.328 e. The van der Waals surface area contributed by atoms with E-state index in [2.05, 4.69) is 10.6 Å². The normalized spacial score (nSPS) is 15.6. The summed E-state index contributed by atoms with van der Waals surface area (Å²) in [6.07, 6.45) is 5.71. The predicted molar refractivity (Wildman–Crippen MR) is 134 cm³/mol. The van der Waals surface area contributed by atoms with E-state index in [-0.39, 0.29) is 30.4 Å². The van der Waals surface area contributed by atoms with Gasteiger partial charge in [-0.05, 0) is 60.6 Å². The average molecular weight is 501 g/mol. The molecule has 0 heterocycles. The summed E-state index contributed by atoms with van der Waals surface area (Å²) in [6.45, 7) is 0. The fourth-order valence-electron chi connectivity index (χ4n) is 4.54. The van der Waals surface area contributed by atoms with Crippen LogP contribution in [-0.4, -0.2) is 42.1 Å². The minimum Gasteiger partial charge on any atom is -0.508 e. The number of carbonyl (C=O) groups is 3. The first-order valence-corrected chi connectivity index (χ1v) is 12.4. The van der Waals surface area contributed by atoms with Gasteiger partial charge in [-0.25, -0.2) is 4.79 Å². The highest BCUT2D eigenvalue weighted by Gasteiger charge is 2.33. The number of nitrogens with one attached hydrogen (secondary N) is 2. The van der Waals surface area contributed by atoms with Crippen molar-refractivity contribution in [2.75, 3.05) is 7.11 Å². The molecule has 0 aliphatic heterocycles. The number of phenols is 1. The highest BCUT2D eigenvalue weighted by atomic mass is 35.5. The number of methoxy groups -OCH3 is 1. The zero-order chi connectivity index (χ0) is 25.2. The van der Waals surface area contributed by atoms with Crippen LogP contribution in [0.2, 0.25) is 5.02 Å². The number of hydrogen-bond acceptors (Lipinski definition) is 5. The van der Waals surface area contributed by atoms with E-state index in [0.29, 0.717) is 17.0 Å². The lowest BCUT2D eigenvalue weighted by molar-refractivity contribution is -0.145. The molecule has 1 aliphatic carbocycles. The zero-order valence-corrected chi connectivity index (χ0v) is 20.7. The van der Waals surface area contributed by atoms with Crippen molar-refractivity contribution in [1.82, 2.24) is 10.6 Å². The van der Waals surface area contributed by atoms with Gasteiger partial charge in [-0.3, -0.25) is 9.59 Å². The second kappa shape index (κ2) is 13.1. The van der Waals surface area contributed by atoms with E-state index in [0.717, 1.165) is 37.7 Å². The Kier molecular flexibility index (Phi) is 9.97. The molecule has 2 amide bonds. The second-order valence-electron chi connectivity index (χ2n) is 9.03. The molecule has 2 aromatic carbocycles. The fraction of sp³-hybridized carbons (Fsp3) is 0.444. The molecule has 0 saturated heterocycles. The molecule has 3 rings (SSSR count). The Morgan fingerprint density at radius 3 is 2.40 bits per heavy atom. The summed E-state index contributed by atoms with van der Waals surface area (Å²) in [4.78, 5) is 38.6. The number of halogens is 1. The SMILES string of the molecule is COC(=O)C(Cc1cccc(O)c1)NC(=O)C(NC(=O)CCc1ccc(Cl)cc1)C1CCCCC1. The highest BCUT2D eigenvalue weighted by Crippen LogP contribution is 2.27. The summed E-state index contributed by atoms with van der Waals surface area (Å²) >= 11 is 5.93. The molecule has 35 heavy (non-hydrogen) atoms. The number of amides is 2. The number of carbonyl (C=O) groups excluding carboxylic acids is 3. The van der Waals surface area contributed by atoms with Crippen molar-refractivity contribution >= 4 is 29.4 Å². The summed E-state index contributed by atoms with van der Waals surface area (Å²) in [6, 6.07) is 12.2. The standard InChI is InChI=1S/C27H33ClN2O5/c1-35-27(34)23(17-19-6-5-9-22(31)16-19)29-26(33)25(20-7-3-2-4-8-20)30-24(32)15-12-18-10-13-21(28)14-11-18/h5-6,9-11,13-14,16,20,23,25,31H,2-4,7-8,12,15,17H2,1H3,(H,29,33)(H,30,32). The van der Waals surface area contributed by atoms with E-state index in [1.165, 1.54) is 13.2 Å². The van der Waals surface area contributed by atoms with Crippen LogP contribution in [0.1, 0.15) is 49.7 Å². The maximum Gasteiger partial charge on any atom is 0.328 e. The molecule has 7 nitrogen and oxygen atoms in total. The van der Waals surface area contributed by atoms with Crippen LogP contribution in [0.4, 0.5) is 0 Å². The lowest BCUT2D eigenvalue weighted by atomic mass is 9.83. The van der Waals surface area contributed by atoms with Gasteiger partial charge in [0, 0.05) is 17.9 Å². The van der Waals surface area contributed by atoms with Gasteiger partial charge in [0.25, 0.3) is 0 Å². The number of aryl methyl sites for hydroxylation is 1. The van der Waals surface area contributed by atoms with Gasteiger partial charge in [-0.2, -0.15) is 0 Å². The molecule has 188 valence electrons. The van der Waals surface area contributed by atoms with E-state index in [1.54, 1.807) is 30.3 Å². The number of ether oxygens (including phenoxy) is 1. The molecule has 0 aromatic heterocycles. The first-order chi connectivity index (χ1) is 16.9. The number of esters is 1. The summed E-state index contributed by atoms with van der Waals surface area (Å²) in [5.41, 5.74) is 1.67. The Labute approximate surface area is 211 Å². The number of aromatic hydroxyl groups is 1. The van der Waals surface area contributed by atoms with Crippen LogP contribution in [0.5, 0.6) is 5.75 Å². The van der Waals surface area contributed by atoms with Gasteiger partial charge in [-0.15, -0.1) is 0 Å². The van der Waals surface area contributed by atoms with Crippen molar-refractivity contribution in [2.45, 2.75) is 63.5 Å². The summed E-state index contributed by atoms with van der Waals surface area (Å²) in [5.74, 6) is -1.12. The number of rotatable bonds is 10. The Morgan fingerprint density at radius 2 is 1.74 bits per heavy atom. The Morgan fingerprint density at radius 1 is 1.03 bits per heavy atom.